The van der Waals surface area contributed by atoms with E-state index < -0.39 is 5.97 Å². The molecule has 1 heterocycles. The van der Waals surface area contributed by atoms with Crippen molar-refractivity contribution in [3.05, 3.63) is 36.5 Å². The van der Waals surface area contributed by atoms with Crippen LogP contribution in [0.1, 0.15) is 10.4 Å². The van der Waals surface area contributed by atoms with E-state index in [1.165, 1.54) is 12.3 Å². The molecule has 0 spiro atoms. The number of anilines is 1. The minimum atomic E-state index is -0.983. The van der Waals surface area contributed by atoms with Crippen molar-refractivity contribution >= 4 is 11.8 Å². The summed E-state index contributed by atoms with van der Waals surface area (Å²) in [5.74, 6) is -0.417. The Kier molecular flexibility index (Phi) is 3.63. The molecule has 0 atom stereocenters. The third kappa shape index (κ3) is 2.87. The van der Waals surface area contributed by atoms with Crippen molar-refractivity contribution in [2.75, 3.05) is 12.0 Å². The molecular formula is C9H11N3O2. The standard InChI is InChI=1S/C9H11N3O2/c1-2-5-11-12-8-4-3-7(6-10-8)9(13)14/h2-4,6,11H,1,5H2,(H,10,12)(H,13,14). The van der Waals surface area contributed by atoms with Gasteiger partial charge in [0, 0.05) is 12.7 Å². The van der Waals surface area contributed by atoms with Crippen LogP contribution in [0.5, 0.6) is 0 Å². The summed E-state index contributed by atoms with van der Waals surface area (Å²) in [5, 5.41) is 8.60. The van der Waals surface area contributed by atoms with Gasteiger partial charge in [-0.05, 0) is 12.1 Å². The summed E-state index contributed by atoms with van der Waals surface area (Å²) in [5.41, 5.74) is 5.77. The van der Waals surface area contributed by atoms with Crippen molar-refractivity contribution in [1.82, 2.24) is 10.4 Å². The Morgan fingerprint density at radius 1 is 1.64 bits per heavy atom. The second kappa shape index (κ2) is 4.98. The number of nitrogens with zero attached hydrogens (tertiary/aromatic N) is 1. The molecular weight excluding hydrogens is 182 g/mol. The molecule has 0 bridgehead atoms. The molecule has 0 unspecified atom stereocenters. The predicted molar refractivity (Wildman–Crippen MR) is 53.0 cm³/mol. The smallest absolute Gasteiger partial charge is 0.337 e. The zero-order valence-corrected chi connectivity index (χ0v) is 7.53. The first-order valence-electron chi connectivity index (χ1n) is 4.03. The lowest BCUT2D eigenvalue weighted by molar-refractivity contribution is 0.0696. The summed E-state index contributed by atoms with van der Waals surface area (Å²) in [4.78, 5) is 14.4. The summed E-state index contributed by atoms with van der Waals surface area (Å²) in [7, 11) is 0. The van der Waals surface area contributed by atoms with Crippen molar-refractivity contribution in [3.8, 4) is 0 Å². The van der Waals surface area contributed by atoms with Crippen LogP contribution in [0.4, 0.5) is 5.82 Å². The summed E-state index contributed by atoms with van der Waals surface area (Å²) in [6, 6.07) is 3.06. The highest BCUT2D eigenvalue weighted by Crippen LogP contribution is 2.03. The van der Waals surface area contributed by atoms with E-state index in [4.69, 9.17) is 5.11 Å². The predicted octanol–water partition coefficient (Wildman–Crippen LogP) is 0.882. The molecule has 0 aliphatic carbocycles. The van der Waals surface area contributed by atoms with Crippen molar-refractivity contribution in [1.29, 1.82) is 0 Å². The fourth-order valence-electron chi connectivity index (χ4n) is 0.808. The van der Waals surface area contributed by atoms with Crippen LogP contribution in [0, 0.1) is 0 Å². The van der Waals surface area contributed by atoms with E-state index >= 15 is 0 Å². The highest BCUT2D eigenvalue weighted by molar-refractivity contribution is 5.87. The SMILES string of the molecule is C=CCNNc1ccc(C(=O)O)cn1. The van der Waals surface area contributed by atoms with E-state index in [2.05, 4.69) is 22.4 Å². The summed E-state index contributed by atoms with van der Waals surface area (Å²) in [6.45, 7) is 4.13. The van der Waals surface area contributed by atoms with Gasteiger partial charge in [-0.25, -0.2) is 15.2 Å². The fourth-order valence-corrected chi connectivity index (χ4v) is 0.808. The molecule has 0 amide bonds. The Labute approximate surface area is 81.4 Å². The number of carboxylic acids is 1. The molecule has 0 saturated carbocycles. The molecule has 0 aliphatic rings. The Hall–Kier alpha value is -1.88. The van der Waals surface area contributed by atoms with E-state index in [-0.39, 0.29) is 5.56 Å². The molecule has 1 rings (SSSR count). The number of hydrazine groups is 1. The Balaban J connectivity index is 2.55. The molecule has 3 N–H and O–H groups in total. The number of nitrogens with one attached hydrogen (secondary N) is 2. The minimum absolute atomic E-state index is 0.166. The average Bonchev–Trinajstić information content (AvgIpc) is 2.19. The van der Waals surface area contributed by atoms with Crippen molar-refractivity contribution in [2.24, 2.45) is 0 Å². The maximum absolute atomic E-state index is 10.5. The zero-order valence-electron chi connectivity index (χ0n) is 7.53. The normalized spacial score (nSPS) is 9.43. The maximum Gasteiger partial charge on any atom is 0.337 e. The molecule has 5 nitrogen and oxygen atoms in total. The number of aromatic nitrogens is 1. The van der Waals surface area contributed by atoms with Crippen LogP contribution in [-0.2, 0) is 0 Å². The highest BCUT2D eigenvalue weighted by atomic mass is 16.4. The summed E-state index contributed by atoms with van der Waals surface area (Å²) < 4.78 is 0. The zero-order chi connectivity index (χ0) is 10.4. The second-order valence-electron chi connectivity index (χ2n) is 2.53. The molecule has 1 aromatic rings. The van der Waals surface area contributed by atoms with Gasteiger partial charge in [0.05, 0.1) is 5.56 Å². The van der Waals surface area contributed by atoms with Gasteiger partial charge < -0.3 is 10.5 Å². The lowest BCUT2D eigenvalue weighted by Gasteiger charge is -2.04. The molecule has 0 aliphatic heterocycles. The van der Waals surface area contributed by atoms with E-state index in [1.54, 1.807) is 12.1 Å². The number of pyridine rings is 1. The van der Waals surface area contributed by atoms with Crippen molar-refractivity contribution in [3.63, 3.8) is 0 Å². The summed E-state index contributed by atoms with van der Waals surface area (Å²) in [6.07, 6.45) is 2.98. The van der Waals surface area contributed by atoms with Gasteiger partial charge in [0.15, 0.2) is 0 Å². The maximum atomic E-state index is 10.5. The third-order valence-electron chi connectivity index (χ3n) is 1.47. The van der Waals surface area contributed by atoms with Gasteiger partial charge in [-0.3, -0.25) is 0 Å². The molecule has 0 saturated heterocycles. The Bertz CT molecular complexity index is 321. The van der Waals surface area contributed by atoms with Gasteiger partial charge >= 0.3 is 5.97 Å². The Morgan fingerprint density at radius 3 is 2.93 bits per heavy atom. The molecule has 0 radical (unpaired) electrons. The van der Waals surface area contributed by atoms with Gasteiger partial charge in [-0.1, -0.05) is 6.08 Å². The van der Waals surface area contributed by atoms with Crippen LogP contribution in [-0.4, -0.2) is 22.6 Å². The van der Waals surface area contributed by atoms with Crippen molar-refractivity contribution in [2.45, 2.75) is 0 Å². The Morgan fingerprint density at radius 2 is 2.43 bits per heavy atom. The molecule has 74 valence electrons. The quantitative estimate of drug-likeness (QED) is 0.368. The highest BCUT2D eigenvalue weighted by Gasteiger charge is 2.01. The van der Waals surface area contributed by atoms with E-state index in [9.17, 15) is 4.79 Å². The molecule has 0 aromatic carbocycles. The van der Waals surface area contributed by atoms with Crippen LogP contribution < -0.4 is 10.9 Å². The van der Waals surface area contributed by atoms with Gasteiger partial charge in [0.1, 0.15) is 5.82 Å². The minimum Gasteiger partial charge on any atom is -0.478 e. The molecule has 14 heavy (non-hydrogen) atoms. The number of carbonyl (C=O) groups is 1. The fraction of sp³-hybridized carbons (Fsp3) is 0.111. The summed E-state index contributed by atoms with van der Waals surface area (Å²) >= 11 is 0. The van der Waals surface area contributed by atoms with Crippen LogP contribution in [0.2, 0.25) is 0 Å². The van der Waals surface area contributed by atoms with Gasteiger partial charge in [0.2, 0.25) is 0 Å². The second-order valence-corrected chi connectivity index (χ2v) is 2.53. The third-order valence-corrected chi connectivity index (χ3v) is 1.47. The first-order valence-corrected chi connectivity index (χ1v) is 4.03. The lowest BCUT2D eigenvalue weighted by Crippen LogP contribution is -2.21. The number of rotatable bonds is 5. The molecule has 0 fully saturated rings. The van der Waals surface area contributed by atoms with Crippen LogP contribution in [0.25, 0.3) is 0 Å². The monoisotopic (exact) mass is 193 g/mol. The largest absolute Gasteiger partial charge is 0.478 e. The first-order chi connectivity index (χ1) is 6.74. The number of hydrogen-bond donors (Lipinski definition) is 3. The van der Waals surface area contributed by atoms with Gasteiger partial charge in [0.25, 0.3) is 0 Å². The lowest BCUT2D eigenvalue weighted by atomic mass is 10.3. The van der Waals surface area contributed by atoms with Gasteiger partial charge in [-0.2, -0.15) is 0 Å². The molecule has 5 heteroatoms. The van der Waals surface area contributed by atoms with Crippen molar-refractivity contribution < 1.29 is 9.90 Å². The first kappa shape index (κ1) is 10.2. The topological polar surface area (TPSA) is 74.2 Å². The van der Waals surface area contributed by atoms with E-state index in [1.807, 2.05) is 0 Å². The molecule has 1 aromatic heterocycles. The number of aromatic carboxylic acids is 1. The number of hydrogen-bond acceptors (Lipinski definition) is 4. The van der Waals surface area contributed by atoms with Crippen LogP contribution >= 0.6 is 0 Å². The van der Waals surface area contributed by atoms with Crippen LogP contribution in [0.15, 0.2) is 31.0 Å². The number of carboxylic acid groups (broad SMARTS) is 1. The average molecular weight is 193 g/mol. The van der Waals surface area contributed by atoms with Crippen LogP contribution in [0.3, 0.4) is 0 Å². The van der Waals surface area contributed by atoms with E-state index in [0.29, 0.717) is 12.4 Å². The van der Waals surface area contributed by atoms with E-state index in [0.717, 1.165) is 0 Å². The van der Waals surface area contributed by atoms with Gasteiger partial charge in [-0.15, -0.1) is 6.58 Å².